The van der Waals surface area contributed by atoms with Gasteiger partial charge < -0.3 is 14.8 Å². The Morgan fingerprint density at radius 2 is 2.04 bits per heavy atom. The highest BCUT2D eigenvalue weighted by molar-refractivity contribution is 5.94. The largest absolute Gasteiger partial charge is 0.355 e. The summed E-state index contributed by atoms with van der Waals surface area (Å²) in [5.74, 6) is -0.401. The van der Waals surface area contributed by atoms with E-state index >= 15 is 0 Å². The Bertz CT molecular complexity index is 1120. The van der Waals surface area contributed by atoms with Gasteiger partial charge in [0.25, 0.3) is 5.91 Å². The summed E-state index contributed by atoms with van der Waals surface area (Å²) < 4.78 is 16.7. The van der Waals surface area contributed by atoms with Gasteiger partial charge in [-0.15, -0.1) is 0 Å². The van der Waals surface area contributed by atoms with E-state index < -0.39 is 5.82 Å². The smallest absolute Gasteiger partial charge is 0.254 e. The van der Waals surface area contributed by atoms with E-state index in [1.54, 1.807) is 6.07 Å². The molecular weight excluding hydrogens is 353 g/mol. The van der Waals surface area contributed by atoms with Crippen LogP contribution in [-0.2, 0) is 6.54 Å². The predicted molar refractivity (Wildman–Crippen MR) is 108 cm³/mol. The minimum Gasteiger partial charge on any atom is -0.355 e. The molecular formula is C23H24FN3O. The third kappa shape index (κ3) is 2.42. The van der Waals surface area contributed by atoms with Crippen LogP contribution < -0.4 is 5.32 Å². The summed E-state index contributed by atoms with van der Waals surface area (Å²) >= 11 is 0. The molecule has 28 heavy (non-hydrogen) atoms. The highest BCUT2D eigenvalue weighted by atomic mass is 19.1. The van der Waals surface area contributed by atoms with Crippen molar-refractivity contribution in [2.24, 2.45) is 0 Å². The number of aromatic nitrogens is 1. The molecule has 4 nitrogen and oxygen atoms in total. The number of rotatable bonds is 2. The number of benzene rings is 2. The topological polar surface area (TPSA) is 37.3 Å². The summed E-state index contributed by atoms with van der Waals surface area (Å²) in [6, 6.07) is 11.8. The molecule has 1 N–H and O–H groups in total. The normalized spacial score (nSPS) is 21.1. The summed E-state index contributed by atoms with van der Waals surface area (Å²) in [6.45, 7) is 4.12. The maximum absolute atomic E-state index is 14.2. The van der Waals surface area contributed by atoms with Crippen LogP contribution in [0.15, 0.2) is 36.4 Å². The quantitative estimate of drug-likeness (QED) is 0.734. The predicted octanol–water partition coefficient (Wildman–Crippen LogP) is 3.97. The molecule has 2 unspecified atom stereocenters. The number of carbonyl (C=O) groups excluding carboxylic acids is 1. The summed E-state index contributed by atoms with van der Waals surface area (Å²) in [4.78, 5) is 14.5. The molecule has 5 heteroatoms. The molecule has 5 rings (SSSR count). The standard InChI is InChI=1S/C23H24FN3O/c1-13-4-7-20-16(8-13)18-12-26(3)11-15-10-21(27(20)22(15)18)14-5-6-19(24)17(9-14)23(28)25-2/h4-9,15,21H,10-12H2,1-3H3,(H,25,28). The van der Waals surface area contributed by atoms with Crippen molar-refractivity contribution in [1.29, 1.82) is 0 Å². The van der Waals surface area contributed by atoms with Gasteiger partial charge in [-0.25, -0.2) is 4.39 Å². The molecule has 2 aliphatic rings. The van der Waals surface area contributed by atoms with Gasteiger partial charge in [0, 0.05) is 42.7 Å². The van der Waals surface area contributed by atoms with E-state index in [-0.39, 0.29) is 17.5 Å². The number of hydrogen-bond donors (Lipinski definition) is 1. The van der Waals surface area contributed by atoms with Crippen LogP contribution in [0.1, 0.15) is 51.1 Å². The number of amides is 1. The van der Waals surface area contributed by atoms with Crippen molar-refractivity contribution in [1.82, 2.24) is 14.8 Å². The number of nitrogens with one attached hydrogen (secondary N) is 1. The van der Waals surface area contributed by atoms with Crippen LogP contribution in [0.4, 0.5) is 4.39 Å². The molecule has 0 radical (unpaired) electrons. The number of nitrogens with zero attached hydrogens (tertiary/aromatic N) is 2. The Hall–Kier alpha value is -2.66. The molecule has 0 bridgehead atoms. The van der Waals surface area contributed by atoms with Crippen molar-refractivity contribution in [3.05, 3.63) is 70.2 Å². The van der Waals surface area contributed by atoms with Crippen LogP contribution in [0.5, 0.6) is 0 Å². The molecule has 0 saturated carbocycles. The lowest BCUT2D eigenvalue weighted by atomic mass is 9.90. The first-order valence-corrected chi connectivity index (χ1v) is 9.81. The molecule has 144 valence electrons. The number of fused-ring (bicyclic) bond motifs is 3. The molecule has 0 aliphatic carbocycles. The molecule has 1 amide bonds. The van der Waals surface area contributed by atoms with Gasteiger partial charge in [0.2, 0.25) is 0 Å². The number of hydrogen-bond acceptors (Lipinski definition) is 2. The molecule has 2 aromatic carbocycles. The van der Waals surface area contributed by atoms with E-state index in [1.165, 1.54) is 40.8 Å². The summed E-state index contributed by atoms with van der Waals surface area (Å²) in [6.07, 6.45) is 0.981. The van der Waals surface area contributed by atoms with Gasteiger partial charge in [-0.05, 0) is 55.8 Å². The Morgan fingerprint density at radius 3 is 2.82 bits per heavy atom. The van der Waals surface area contributed by atoms with Crippen LogP contribution in [0.2, 0.25) is 0 Å². The van der Waals surface area contributed by atoms with E-state index in [4.69, 9.17) is 0 Å². The zero-order valence-electron chi connectivity index (χ0n) is 16.4. The second-order valence-corrected chi connectivity index (χ2v) is 8.22. The van der Waals surface area contributed by atoms with Gasteiger partial charge in [0.15, 0.2) is 0 Å². The van der Waals surface area contributed by atoms with E-state index in [9.17, 15) is 9.18 Å². The van der Waals surface area contributed by atoms with Gasteiger partial charge in [-0.3, -0.25) is 4.79 Å². The molecule has 2 atom stereocenters. The fourth-order valence-corrected chi connectivity index (χ4v) is 5.16. The minimum atomic E-state index is -0.476. The molecule has 1 aromatic heterocycles. The van der Waals surface area contributed by atoms with Crippen molar-refractivity contribution < 1.29 is 9.18 Å². The van der Waals surface area contributed by atoms with Gasteiger partial charge in [0.1, 0.15) is 5.82 Å². The van der Waals surface area contributed by atoms with Gasteiger partial charge in [-0.2, -0.15) is 0 Å². The second-order valence-electron chi connectivity index (χ2n) is 8.22. The summed E-state index contributed by atoms with van der Waals surface area (Å²) in [5, 5.41) is 3.87. The molecule has 0 saturated heterocycles. The van der Waals surface area contributed by atoms with Crippen LogP contribution in [0.25, 0.3) is 10.9 Å². The minimum absolute atomic E-state index is 0.115. The third-order valence-corrected chi connectivity index (χ3v) is 6.32. The molecule has 0 spiro atoms. The van der Waals surface area contributed by atoms with Crippen molar-refractivity contribution >= 4 is 16.8 Å². The highest BCUT2D eigenvalue weighted by Gasteiger charge is 2.39. The molecule has 0 fully saturated rings. The first kappa shape index (κ1) is 17.4. The van der Waals surface area contributed by atoms with Gasteiger partial charge in [-0.1, -0.05) is 17.7 Å². The fourth-order valence-electron chi connectivity index (χ4n) is 5.16. The van der Waals surface area contributed by atoms with E-state index in [2.05, 4.69) is 47.0 Å². The van der Waals surface area contributed by atoms with Crippen LogP contribution in [-0.4, -0.2) is 36.0 Å². The number of carbonyl (C=O) groups is 1. The molecule has 3 heterocycles. The summed E-state index contributed by atoms with van der Waals surface area (Å²) in [5.41, 5.74) is 6.47. The monoisotopic (exact) mass is 377 g/mol. The maximum atomic E-state index is 14.2. The van der Waals surface area contributed by atoms with Crippen molar-refractivity contribution in [3.8, 4) is 0 Å². The van der Waals surface area contributed by atoms with E-state index in [1.807, 2.05) is 6.07 Å². The number of likely N-dealkylation sites (N-methyl/N-ethyl adjacent to an activating group) is 1. The van der Waals surface area contributed by atoms with Crippen molar-refractivity contribution in [2.75, 3.05) is 20.6 Å². The average Bonchev–Trinajstić information content (AvgIpc) is 3.20. The third-order valence-electron chi connectivity index (χ3n) is 6.32. The Kier molecular flexibility index (Phi) is 3.85. The van der Waals surface area contributed by atoms with E-state index in [0.29, 0.717) is 5.92 Å². The Balaban J connectivity index is 1.71. The van der Waals surface area contributed by atoms with Crippen LogP contribution in [0, 0.1) is 12.7 Å². The second kappa shape index (κ2) is 6.17. The highest BCUT2D eigenvalue weighted by Crippen LogP contribution is 2.49. The van der Waals surface area contributed by atoms with Crippen molar-refractivity contribution in [3.63, 3.8) is 0 Å². The Labute approximate surface area is 163 Å². The lowest BCUT2D eigenvalue weighted by molar-refractivity contribution is 0.0959. The van der Waals surface area contributed by atoms with Crippen LogP contribution >= 0.6 is 0 Å². The number of halogens is 1. The number of aryl methyl sites for hydroxylation is 1. The molecule has 3 aromatic rings. The zero-order chi connectivity index (χ0) is 19.6. The fraction of sp³-hybridized carbons (Fsp3) is 0.348. The van der Waals surface area contributed by atoms with Gasteiger partial charge >= 0.3 is 0 Å². The lowest BCUT2D eigenvalue weighted by Crippen LogP contribution is -2.28. The maximum Gasteiger partial charge on any atom is 0.254 e. The molecule has 2 aliphatic heterocycles. The van der Waals surface area contributed by atoms with E-state index in [0.717, 1.165) is 25.1 Å². The zero-order valence-corrected chi connectivity index (χ0v) is 16.4. The van der Waals surface area contributed by atoms with Crippen LogP contribution in [0.3, 0.4) is 0 Å². The summed E-state index contributed by atoms with van der Waals surface area (Å²) in [7, 11) is 3.71. The van der Waals surface area contributed by atoms with Gasteiger partial charge in [0.05, 0.1) is 11.6 Å². The average molecular weight is 377 g/mol. The Morgan fingerprint density at radius 1 is 1.21 bits per heavy atom. The SMILES string of the molecule is CNC(=O)c1cc(C2CC3CN(C)Cc4c3n2c2ccc(C)cc42)ccc1F. The first-order chi connectivity index (χ1) is 13.5. The van der Waals surface area contributed by atoms with Crippen molar-refractivity contribution in [2.45, 2.75) is 31.8 Å². The lowest BCUT2D eigenvalue weighted by Gasteiger charge is -2.27. The first-order valence-electron chi connectivity index (χ1n) is 9.81.